The number of aromatic nitrogens is 2. The van der Waals surface area contributed by atoms with Crippen molar-refractivity contribution in [3.8, 4) is 5.75 Å². The first-order valence-corrected chi connectivity index (χ1v) is 6.94. The molecule has 2 rings (SSSR count). The second-order valence-corrected chi connectivity index (χ2v) is 5.33. The highest BCUT2D eigenvalue weighted by atomic mass is 32.1. The van der Waals surface area contributed by atoms with Crippen molar-refractivity contribution in [2.24, 2.45) is 12.8 Å². The molecule has 0 fully saturated rings. The van der Waals surface area contributed by atoms with Crippen LogP contribution < -0.4 is 10.5 Å². The Hall–Kier alpha value is -1.33. The molecular weight excluding hydrogens is 246 g/mol. The number of hydrogen-bond donors (Lipinski definition) is 1. The van der Waals surface area contributed by atoms with E-state index in [2.05, 4.69) is 22.6 Å². The molecule has 0 saturated heterocycles. The first kappa shape index (κ1) is 13.1. The van der Waals surface area contributed by atoms with Gasteiger partial charge in [-0.05, 0) is 30.7 Å². The number of ether oxygens (including phenoxy) is 1. The normalized spacial score (nSPS) is 12.6. The summed E-state index contributed by atoms with van der Waals surface area (Å²) in [5.74, 6) is 0.779. The zero-order chi connectivity index (χ0) is 13.0. The molecule has 0 aliphatic heterocycles. The van der Waals surface area contributed by atoms with E-state index < -0.39 is 0 Å². The molecule has 1 atom stereocenters. The summed E-state index contributed by atoms with van der Waals surface area (Å²) in [6, 6.07) is 4.23. The van der Waals surface area contributed by atoms with Gasteiger partial charge in [-0.3, -0.25) is 4.68 Å². The third kappa shape index (κ3) is 2.91. The molecule has 1 unspecified atom stereocenters. The van der Waals surface area contributed by atoms with Gasteiger partial charge in [-0.1, -0.05) is 6.07 Å². The van der Waals surface area contributed by atoms with Crippen molar-refractivity contribution in [3.05, 3.63) is 34.3 Å². The molecule has 0 spiro atoms. The van der Waals surface area contributed by atoms with Crippen LogP contribution in [0.2, 0.25) is 0 Å². The smallest absolute Gasteiger partial charge is 0.161 e. The summed E-state index contributed by atoms with van der Waals surface area (Å²) < 4.78 is 7.08. The van der Waals surface area contributed by atoms with Crippen LogP contribution in [0.25, 0.3) is 0 Å². The van der Waals surface area contributed by atoms with Crippen LogP contribution in [-0.2, 0) is 13.5 Å². The molecule has 0 aromatic carbocycles. The van der Waals surface area contributed by atoms with E-state index in [1.165, 1.54) is 4.88 Å². The van der Waals surface area contributed by atoms with Crippen molar-refractivity contribution >= 4 is 11.3 Å². The van der Waals surface area contributed by atoms with Gasteiger partial charge in [-0.25, -0.2) is 0 Å². The molecular formula is C13H19N3OS. The Bertz CT molecular complexity index is 478. The highest BCUT2D eigenvalue weighted by molar-refractivity contribution is 7.09. The zero-order valence-electron chi connectivity index (χ0n) is 10.8. The van der Waals surface area contributed by atoms with E-state index in [4.69, 9.17) is 10.5 Å². The van der Waals surface area contributed by atoms with Crippen molar-refractivity contribution in [2.75, 3.05) is 7.11 Å². The SMILES string of the molecule is COc1cnn(C)c1C(N)CCCc1cccs1. The average molecular weight is 265 g/mol. The molecule has 2 N–H and O–H groups in total. The summed E-state index contributed by atoms with van der Waals surface area (Å²) in [6.45, 7) is 0. The van der Waals surface area contributed by atoms with E-state index in [0.29, 0.717) is 0 Å². The lowest BCUT2D eigenvalue weighted by atomic mass is 10.1. The van der Waals surface area contributed by atoms with Gasteiger partial charge in [-0.15, -0.1) is 11.3 Å². The summed E-state index contributed by atoms with van der Waals surface area (Å²) in [5.41, 5.74) is 7.19. The molecule has 5 heteroatoms. The van der Waals surface area contributed by atoms with Crippen molar-refractivity contribution in [1.29, 1.82) is 0 Å². The lowest BCUT2D eigenvalue weighted by molar-refractivity contribution is 0.400. The fraction of sp³-hybridized carbons (Fsp3) is 0.462. The molecule has 2 aromatic heterocycles. The Morgan fingerprint density at radius 1 is 1.56 bits per heavy atom. The Balaban J connectivity index is 1.91. The van der Waals surface area contributed by atoms with Crippen molar-refractivity contribution in [1.82, 2.24) is 9.78 Å². The first-order valence-electron chi connectivity index (χ1n) is 6.06. The van der Waals surface area contributed by atoms with Gasteiger partial charge >= 0.3 is 0 Å². The maximum Gasteiger partial charge on any atom is 0.161 e. The highest BCUT2D eigenvalue weighted by Crippen LogP contribution is 2.26. The van der Waals surface area contributed by atoms with Gasteiger partial charge in [0.15, 0.2) is 5.75 Å². The van der Waals surface area contributed by atoms with Crippen LogP contribution in [0.1, 0.15) is 29.5 Å². The van der Waals surface area contributed by atoms with E-state index in [-0.39, 0.29) is 6.04 Å². The number of aryl methyl sites for hydroxylation is 2. The van der Waals surface area contributed by atoms with Crippen LogP contribution in [0.3, 0.4) is 0 Å². The van der Waals surface area contributed by atoms with Crippen LogP contribution in [0.15, 0.2) is 23.7 Å². The average Bonchev–Trinajstić information content (AvgIpc) is 2.98. The quantitative estimate of drug-likeness (QED) is 0.873. The molecule has 2 heterocycles. The van der Waals surface area contributed by atoms with Crippen LogP contribution in [-0.4, -0.2) is 16.9 Å². The number of methoxy groups -OCH3 is 1. The van der Waals surface area contributed by atoms with Crippen LogP contribution in [0.4, 0.5) is 0 Å². The summed E-state index contributed by atoms with van der Waals surface area (Å²) in [6.07, 6.45) is 4.82. The van der Waals surface area contributed by atoms with Gasteiger partial charge in [-0.2, -0.15) is 5.10 Å². The topological polar surface area (TPSA) is 53.1 Å². The van der Waals surface area contributed by atoms with Gasteiger partial charge in [0.2, 0.25) is 0 Å². The Kier molecular flexibility index (Phi) is 4.38. The molecule has 18 heavy (non-hydrogen) atoms. The van der Waals surface area contributed by atoms with E-state index in [9.17, 15) is 0 Å². The first-order chi connectivity index (χ1) is 8.72. The zero-order valence-corrected chi connectivity index (χ0v) is 11.6. The van der Waals surface area contributed by atoms with Crippen molar-refractivity contribution in [3.63, 3.8) is 0 Å². The Labute approximate surface area is 111 Å². The fourth-order valence-corrected chi connectivity index (χ4v) is 2.85. The minimum Gasteiger partial charge on any atom is -0.493 e. The van der Waals surface area contributed by atoms with Gasteiger partial charge in [0.05, 0.1) is 25.0 Å². The standard InChI is InChI=1S/C13H19N3OS/c1-16-13(12(17-2)9-15-16)11(14)7-3-5-10-6-4-8-18-10/h4,6,8-9,11H,3,5,7,14H2,1-2H3. The number of rotatable bonds is 6. The summed E-state index contributed by atoms with van der Waals surface area (Å²) in [5, 5.41) is 6.29. The van der Waals surface area contributed by atoms with Gasteiger partial charge in [0, 0.05) is 11.9 Å². The second kappa shape index (κ2) is 6.02. The third-order valence-corrected chi connectivity index (χ3v) is 3.97. The van der Waals surface area contributed by atoms with Crippen LogP contribution in [0.5, 0.6) is 5.75 Å². The summed E-state index contributed by atoms with van der Waals surface area (Å²) in [4.78, 5) is 1.42. The third-order valence-electron chi connectivity index (χ3n) is 3.04. The van der Waals surface area contributed by atoms with Gasteiger partial charge in [0.25, 0.3) is 0 Å². The molecule has 0 aliphatic carbocycles. The molecule has 0 bridgehead atoms. The predicted molar refractivity (Wildman–Crippen MR) is 73.9 cm³/mol. The number of nitrogens with zero attached hydrogens (tertiary/aromatic N) is 2. The van der Waals surface area contributed by atoms with Crippen LogP contribution in [0, 0.1) is 0 Å². The lowest BCUT2D eigenvalue weighted by Gasteiger charge is -2.13. The lowest BCUT2D eigenvalue weighted by Crippen LogP contribution is -2.15. The molecule has 0 aliphatic rings. The highest BCUT2D eigenvalue weighted by Gasteiger charge is 2.16. The number of nitrogens with two attached hydrogens (primary N) is 1. The minimum atomic E-state index is -0.0209. The van der Waals surface area contributed by atoms with Gasteiger partial charge in [0.1, 0.15) is 0 Å². The molecule has 2 aromatic rings. The maximum atomic E-state index is 6.22. The minimum absolute atomic E-state index is 0.0209. The Morgan fingerprint density at radius 2 is 2.39 bits per heavy atom. The molecule has 4 nitrogen and oxygen atoms in total. The number of thiophene rings is 1. The van der Waals surface area contributed by atoms with Crippen molar-refractivity contribution < 1.29 is 4.74 Å². The van der Waals surface area contributed by atoms with Crippen molar-refractivity contribution in [2.45, 2.75) is 25.3 Å². The second-order valence-electron chi connectivity index (χ2n) is 4.30. The Morgan fingerprint density at radius 3 is 3.06 bits per heavy atom. The molecule has 0 radical (unpaired) electrons. The summed E-state index contributed by atoms with van der Waals surface area (Å²) in [7, 11) is 3.55. The summed E-state index contributed by atoms with van der Waals surface area (Å²) >= 11 is 1.80. The van der Waals surface area contributed by atoms with E-state index in [1.54, 1.807) is 29.3 Å². The van der Waals surface area contributed by atoms with E-state index in [1.807, 2.05) is 7.05 Å². The van der Waals surface area contributed by atoms with E-state index in [0.717, 1.165) is 30.7 Å². The van der Waals surface area contributed by atoms with E-state index >= 15 is 0 Å². The fourth-order valence-electron chi connectivity index (χ4n) is 2.09. The molecule has 0 amide bonds. The van der Waals surface area contributed by atoms with Gasteiger partial charge < -0.3 is 10.5 Å². The maximum absolute atomic E-state index is 6.22. The molecule has 0 saturated carbocycles. The monoisotopic (exact) mass is 265 g/mol. The van der Waals surface area contributed by atoms with Crippen LogP contribution >= 0.6 is 11.3 Å². The largest absolute Gasteiger partial charge is 0.493 e. The predicted octanol–water partition coefficient (Wildman–Crippen LogP) is 2.51. The molecule has 98 valence electrons. The number of hydrogen-bond acceptors (Lipinski definition) is 4.